The Morgan fingerprint density at radius 1 is 1.32 bits per heavy atom. The number of aromatic nitrogens is 3. The van der Waals surface area contributed by atoms with Crippen LogP contribution in [0.25, 0.3) is 5.69 Å². The monoisotopic (exact) mass is 362 g/mol. The molecule has 0 radical (unpaired) electrons. The van der Waals surface area contributed by atoms with Crippen molar-refractivity contribution in [3.05, 3.63) is 41.7 Å². The second-order valence-corrected chi connectivity index (χ2v) is 9.09. The lowest BCUT2D eigenvalue weighted by Crippen LogP contribution is -2.58. The molecular weight excluding hydrogens is 340 g/mol. The highest BCUT2D eigenvalue weighted by atomic mass is 32.2. The minimum atomic E-state index is -3.06. The highest BCUT2D eigenvalue weighted by molar-refractivity contribution is 7.92. The molecule has 0 bridgehead atoms. The van der Waals surface area contributed by atoms with Crippen LogP contribution < -0.4 is 0 Å². The van der Waals surface area contributed by atoms with Crippen LogP contribution in [0, 0.1) is 6.92 Å². The second kappa shape index (κ2) is 6.51. The maximum absolute atomic E-state index is 12.3. The summed E-state index contributed by atoms with van der Waals surface area (Å²) in [5, 5.41) is 8.12. The molecule has 2 fully saturated rings. The van der Waals surface area contributed by atoms with Crippen molar-refractivity contribution in [3.63, 3.8) is 0 Å². The van der Waals surface area contributed by atoms with Crippen LogP contribution in [0.3, 0.4) is 0 Å². The predicted octanol–water partition coefficient (Wildman–Crippen LogP) is 0.964. The van der Waals surface area contributed by atoms with Gasteiger partial charge in [0.1, 0.15) is 5.25 Å². The first-order chi connectivity index (χ1) is 12.0. The number of ether oxygens (including phenoxy) is 1. The van der Waals surface area contributed by atoms with E-state index in [1.54, 1.807) is 4.68 Å². The van der Waals surface area contributed by atoms with E-state index in [-0.39, 0.29) is 11.8 Å². The van der Waals surface area contributed by atoms with Gasteiger partial charge in [-0.1, -0.05) is 23.4 Å². The highest BCUT2D eigenvalue weighted by Gasteiger charge is 2.43. The smallest absolute Gasteiger partial charge is 0.158 e. The highest BCUT2D eigenvalue weighted by Crippen LogP contribution is 2.27. The number of para-hydroxylation sites is 1. The van der Waals surface area contributed by atoms with Gasteiger partial charge in [-0.25, -0.2) is 13.1 Å². The van der Waals surface area contributed by atoms with Gasteiger partial charge in [0.15, 0.2) is 9.84 Å². The van der Waals surface area contributed by atoms with Crippen molar-refractivity contribution in [2.24, 2.45) is 0 Å². The van der Waals surface area contributed by atoms with Crippen molar-refractivity contribution >= 4 is 9.84 Å². The molecule has 134 valence electrons. The molecular formula is C17H22N4O3S. The van der Waals surface area contributed by atoms with Crippen LogP contribution in [0.1, 0.15) is 17.7 Å². The zero-order valence-electron chi connectivity index (χ0n) is 14.2. The summed E-state index contributed by atoms with van der Waals surface area (Å²) in [7, 11) is -3.06. The Morgan fingerprint density at radius 2 is 2.16 bits per heavy atom. The molecule has 7 nitrogen and oxygen atoms in total. The van der Waals surface area contributed by atoms with Crippen molar-refractivity contribution in [2.75, 3.05) is 25.5 Å². The average molecular weight is 362 g/mol. The number of aryl methyl sites for hydroxylation is 1. The molecule has 0 aliphatic carbocycles. The third kappa shape index (κ3) is 3.21. The number of hydrogen-bond donors (Lipinski definition) is 0. The maximum Gasteiger partial charge on any atom is 0.158 e. The van der Waals surface area contributed by atoms with Gasteiger partial charge in [0, 0.05) is 25.7 Å². The zero-order valence-corrected chi connectivity index (χ0v) is 15.0. The summed E-state index contributed by atoms with van der Waals surface area (Å²) in [5.74, 6) is 0.184. The first kappa shape index (κ1) is 16.7. The van der Waals surface area contributed by atoms with Crippen LogP contribution in [0.4, 0.5) is 0 Å². The van der Waals surface area contributed by atoms with Crippen LogP contribution >= 0.6 is 0 Å². The summed E-state index contributed by atoms with van der Waals surface area (Å²) >= 11 is 0. The van der Waals surface area contributed by atoms with Gasteiger partial charge in [0.2, 0.25) is 0 Å². The molecule has 2 aliphatic heterocycles. The Hall–Kier alpha value is -1.77. The SMILES string of the molecule is Cc1ccccc1-n1cc(CN2CCS(=O)(=O)[C@@H]3COCC[C@H]32)nn1. The maximum atomic E-state index is 12.3. The van der Waals surface area contributed by atoms with Gasteiger partial charge < -0.3 is 4.74 Å². The Kier molecular flexibility index (Phi) is 4.35. The van der Waals surface area contributed by atoms with Gasteiger partial charge in [0.05, 0.1) is 29.9 Å². The van der Waals surface area contributed by atoms with E-state index in [2.05, 4.69) is 15.2 Å². The van der Waals surface area contributed by atoms with Gasteiger partial charge in [-0.3, -0.25) is 4.90 Å². The molecule has 0 spiro atoms. The first-order valence-electron chi connectivity index (χ1n) is 8.55. The fourth-order valence-electron chi connectivity index (χ4n) is 3.74. The Balaban J connectivity index is 1.54. The topological polar surface area (TPSA) is 77.3 Å². The van der Waals surface area contributed by atoms with Crippen LogP contribution in [0.5, 0.6) is 0 Å². The van der Waals surface area contributed by atoms with Crippen molar-refractivity contribution < 1.29 is 13.2 Å². The van der Waals surface area contributed by atoms with Gasteiger partial charge in [-0.2, -0.15) is 0 Å². The molecule has 2 aliphatic rings. The van der Waals surface area contributed by atoms with E-state index in [1.165, 1.54) is 0 Å². The molecule has 3 heterocycles. The molecule has 4 rings (SSSR count). The van der Waals surface area contributed by atoms with E-state index in [9.17, 15) is 8.42 Å². The molecule has 2 atom stereocenters. The molecule has 0 saturated carbocycles. The van der Waals surface area contributed by atoms with Gasteiger partial charge in [-0.15, -0.1) is 5.10 Å². The average Bonchev–Trinajstić information content (AvgIpc) is 3.07. The third-order valence-electron chi connectivity index (χ3n) is 5.13. The quantitative estimate of drug-likeness (QED) is 0.810. The van der Waals surface area contributed by atoms with E-state index in [4.69, 9.17) is 4.74 Å². The molecule has 0 unspecified atom stereocenters. The normalized spacial score (nSPS) is 26.3. The molecule has 25 heavy (non-hydrogen) atoms. The number of hydrogen-bond acceptors (Lipinski definition) is 6. The molecule has 0 N–H and O–H groups in total. The van der Waals surface area contributed by atoms with Crippen LogP contribution in [-0.2, 0) is 21.1 Å². The number of rotatable bonds is 3. The molecule has 1 aromatic carbocycles. The van der Waals surface area contributed by atoms with E-state index in [1.807, 2.05) is 37.4 Å². The van der Waals surface area contributed by atoms with Crippen LogP contribution in [-0.4, -0.2) is 65.1 Å². The van der Waals surface area contributed by atoms with Crippen molar-refractivity contribution in [1.29, 1.82) is 0 Å². The summed E-state index contributed by atoms with van der Waals surface area (Å²) in [4.78, 5) is 2.22. The lowest BCUT2D eigenvalue weighted by Gasteiger charge is -2.42. The fraction of sp³-hybridized carbons (Fsp3) is 0.529. The van der Waals surface area contributed by atoms with E-state index in [0.717, 1.165) is 23.4 Å². The van der Waals surface area contributed by atoms with E-state index < -0.39 is 15.1 Å². The summed E-state index contributed by atoms with van der Waals surface area (Å²) in [6, 6.07) is 8.03. The Morgan fingerprint density at radius 3 is 3.00 bits per heavy atom. The second-order valence-electron chi connectivity index (χ2n) is 6.75. The van der Waals surface area contributed by atoms with Crippen molar-refractivity contribution in [3.8, 4) is 5.69 Å². The van der Waals surface area contributed by atoms with Crippen LogP contribution in [0.15, 0.2) is 30.5 Å². The lowest BCUT2D eigenvalue weighted by atomic mass is 10.1. The molecule has 1 aromatic heterocycles. The number of benzene rings is 1. The van der Waals surface area contributed by atoms with Gasteiger partial charge in [0.25, 0.3) is 0 Å². The zero-order chi connectivity index (χ0) is 17.4. The largest absolute Gasteiger partial charge is 0.380 e. The lowest BCUT2D eigenvalue weighted by molar-refractivity contribution is 0.0309. The summed E-state index contributed by atoms with van der Waals surface area (Å²) in [6.07, 6.45) is 2.68. The number of fused-ring (bicyclic) bond motifs is 1. The van der Waals surface area contributed by atoms with E-state index >= 15 is 0 Å². The summed E-state index contributed by atoms with van der Waals surface area (Å²) in [6.45, 7) is 4.12. The molecule has 2 aromatic rings. The first-order valence-corrected chi connectivity index (χ1v) is 10.3. The summed E-state index contributed by atoms with van der Waals surface area (Å²) < 4.78 is 31.8. The Labute approximate surface area is 147 Å². The van der Waals surface area contributed by atoms with Gasteiger partial charge >= 0.3 is 0 Å². The molecule has 0 amide bonds. The third-order valence-corrected chi connectivity index (χ3v) is 7.26. The molecule has 8 heteroatoms. The predicted molar refractivity (Wildman–Crippen MR) is 93.3 cm³/mol. The number of sulfone groups is 1. The van der Waals surface area contributed by atoms with Gasteiger partial charge in [-0.05, 0) is 25.0 Å². The van der Waals surface area contributed by atoms with E-state index in [0.29, 0.717) is 26.3 Å². The Bertz CT molecular complexity index is 864. The van der Waals surface area contributed by atoms with Crippen molar-refractivity contribution in [2.45, 2.75) is 31.2 Å². The minimum Gasteiger partial charge on any atom is -0.380 e. The standard InChI is InChI=1S/C17H22N4O3S/c1-13-4-2-3-5-15(13)21-11-14(18-19-21)10-20-7-9-25(22,23)17-12-24-8-6-16(17)20/h2-5,11,16-17H,6-10,12H2,1H3/t16-,17-/m1/s1. The summed E-state index contributed by atoms with van der Waals surface area (Å²) in [5.41, 5.74) is 2.99. The number of nitrogens with zero attached hydrogens (tertiary/aromatic N) is 4. The minimum absolute atomic E-state index is 0.0103. The molecule has 2 saturated heterocycles. The fourth-order valence-corrected chi connectivity index (χ4v) is 5.62. The van der Waals surface area contributed by atoms with Crippen molar-refractivity contribution in [1.82, 2.24) is 19.9 Å². The van der Waals surface area contributed by atoms with Crippen LogP contribution in [0.2, 0.25) is 0 Å².